The molecule has 0 saturated heterocycles. The highest BCUT2D eigenvalue weighted by molar-refractivity contribution is 7.39. The third kappa shape index (κ3) is 12.0. The molecule has 0 aromatic rings. The Labute approximate surface area is 95.7 Å². The highest BCUT2D eigenvalue weighted by Gasteiger charge is 2.13. The third-order valence-electron chi connectivity index (χ3n) is 2.39. The highest BCUT2D eigenvalue weighted by Crippen LogP contribution is 2.23. The van der Waals surface area contributed by atoms with Crippen LogP contribution >= 0.6 is 8.03 Å². The van der Waals surface area contributed by atoms with E-state index in [-0.39, 0.29) is 0 Å². The largest absolute Gasteiger partial charge is 0.508 e. The van der Waals surface area contributed by atoms with Gasteiger partial charge in [0.25, 0.3) is 0 Å². The molecule has 0 aromatic carbocycles. The molecule has 0 fully saturated rings. The molecule has 0 spiro atoms. The van der Waals surface area contributed by atoms with Gasteiger partial charge in [-0.25, -0.2) is 0 Å². The van der Waals surface area contributed by atoms with Crippen LogP contribution in [-0.4, -0.2) is 12.8 Å². The molecule has 0 heterocycles. The first-order chi connectivity index (χ1) is 7.31. The van der Waals surface area contributed by atoms with Crippen LogP contribution in [0, 0.1) is 0 Å². The van der Waals surface area contributed by atoms with Gasteiger partial charge in [-0.1, -0.05) is 52.4 Å². The van der Waals surface area contributed by atoms with Crippen LogP contribution in [0.25, 0.3) is 0 Å². The third-order valence-corrected chi connectivity index (χ3v) is 3.67. The van der Waals surface area contributed by atoms with E-state index in [1.54, 1.807) is 0 Å². The monoisotopic (exact) mass is 233 g/mol. The molecule has 1 unspecified atom stereocenters. The fraction of sp³-hybridized carbons (Fsp3) is 1.00. The van der Waals surface area contributed by atoms with Crippen molar-refractivity contribution in [1.29, 1.82) is 0 Å². The van der Waals surface area contributed by atoms with Crippen molar-refractivity contribution in [3.05, 3.63) is 0 Å². The van der Waals surface area contributed by atoms with Gasteiger partial charge in [0.1, 0.15) is 6.61 Å². The van der Waals surface area contributed by atoms with Crippen molar-refractivity contribution >= 4 is 8.03 Å². The van der Waals surface area contributed by atoms with Crippen LogP contribution in [-0.2, 0) is 9.09 Å². The molecule has 0 aliphatic carbocycles. The summed E-state index contributed by atoms with van der Waals surface area (Å²) < 4.78 is 16.4. The predicted molar refractivity (Wildman–Crippen MR) is 66.7 cm³/mol. The van der Waals surface area contributed by atoms with E-state index in [9.17, 15) is 4.57 Å². The standard InChI is InChI=1S/C12H26O2P/c1-3-5-6-7-8-9-10-11-14-15(13)12-4-2/h3-12H2,1-2H3/q+1. The summed E-state index contributed by atoms with van der Waals surface area (Å²) in [6, 6.07) is 0. The molecule has 0 radical (unpaired) electrons. The molecular weight excluding hydrogens is 207 g/mol. The first kappa shape index (κ1) is 15.1. The molecule has 90 valence electrons. The number of unbranched alkanes of at least 4 members (excludes halogenated alkanes) is 6. The van der Waals surface area contributed by atoms with Crippen LogP contribution in [0.3, 0.4) is 0 Å². The van der Waals surface area contributed by atoms with Crippen molar-refractivity contribution in [2.75, 3.05) is 12.8 Å². The van der Waals surface area contributed by atoms with Crippen molar-refractivity contribution < 1.29 is 9.09 Å². The van der Waals surface area contributed by atoms with Gasteiger partial charge in [-0.2, -0.15) is 0 Å². The first-order valence-corrected chi connectivity index (χ1v) is 7.75. The van der Waals surface area contributed by atoms with Crippen molar-refractivity contribution in [2.24, 2.45) is 0 Å². The zero-order valence-corrected chi connectivity index (χ0v) is 11.2. The van der Waals surface area contributed by atoms with Crippen molar-refractivity contribution in [3.8, 4) is 0 Å². The Hall–Kier alpha value is 0.0600. The smallest absolute Gasteiger partial charge is 0.146 e. The Balaban J connectivity index is 3.01. The van der Waals surface area contributed by atoms with Gasteiger partial charge in [0.2, 0.25) is 0 Å². The van der Waals surface area contributed by atoms with Crippen LogP contribution in [0.5, 0.6) is 0 Å². The zero-order chi connectivity index (χ0) is 11.4. The first-order valence-electron chi connectivity index (χ1n) is 6.38. The highest BCUT2D eigenvalue weighted by atomic mass is 31.1. The van der Waals surface area contributed by atoms with E-state index < -0.39 is 8.03 Å². The van der Waals surface area contributed by atoms with E-state index in [0.29, 0.717) is 12.8 Å². The molecule has 0 amide bonds. The number of rotatable bonds is 11. The molecule has 0 aromatic heterocycles. The molecule has 1 atom stereocenters. The van der Waals surface area contributed by atoms with Crippen LogP contribution in [0.1, 0.15) is 65.2 Å². The lowest BCUT2D eigenvalue weighted by Crippen LogP contribution is -1.89. The van der Waals surface area contributed by atoms with Gasteiger partial charge in [-0.15, -0.1) is 4.52 Å². The molecule has 0 N–H and O–H groups in total. The minimum absolute atomic E-state index is 0.684. The van der Waals surface area contributed by atoms with Gasteiger partial charge >= 0.3 is 8.03 Å². The maximum Gasteiger partial charge on any atom is 0.508 e. The molecule has 0 rings (SSSR count). The second-order valence-corrected chi connectivity index (χ2v) is 5.38. The van der Waals surface area contributed by atoms with E-state index in [4.69, 9.17) is 4.52 Å². The lowest BCUT2D eigenvalue weighted by molar-refractivity contribution is 0.315. The summed E-state index contributed by atoms with van der Waals surface area (Å²) in [5, 5.41) is 0. The minimum atomic E-state index is -1.36. The molecule has 0 aliphatic rings. The van der Waals surface area contributed by atoms with Crippen LogP contribution in [0.15, 0.2) is 0 Å². The Kier molecular flexibility index (Phi) is 12.2. The number of hydrogen-bond acceptors (Lipinski definition) is 2. The molecule has 15 heavy (non-hydrogen) atoms. The maximum atomic E-state index is 11.1. The summed E-state index contributed by atoms with van der Waals surface area (Å²) >= 11 is 0. The van der Waals surface area contributed by atoms with Gasteiger partial charge in [0, 0.05) is 0 Å². The van der Waals surface area contributed by atoms with Gasteiger partial charge in [-0.3, -0.25) is 0 Å². The Morgan fingerprint density at radius 1 is 0.867 bits per heavy atom. The normalized spacial score (nSPS) is 11.7. The molecule has 0 aliphatic heterocycles. The van der Waals surface area contributed by atoms with Crippen LogP contribution in [0.2, 0.25) is 0 Å². The summed E-state index contributed by atoms with van der Waals surface area (Å²) in [7, 11) is -1.36. The predicted octanol–water partition coefficient (Wildman–Crippen LogP) is 4.91. The van der Waals surface area contributed by atoms with E-state index in [2.05, 4.69) is 6.92 Å². The van der Waals surface area contributed by atoms with Crippen molar-refractivity contribution in [1.82, 2.24) is 0 Å². The second-order valence-electron chi connectivity index (χ2n) is 4.01. The van der Waals surface area contributed by atoms with Gasteiger partial charge < -0.3 is 0 Å². The molecule has 3 heteroatoms. The zero-order valence-electron chi connectivity index (χ0n) is 10.3. The topological polar surface area (TPSA) is 26.3 Å². The van der Waals surface area contributed by atoms with E-state index in [1.165, 1.54) is 38.5 Å². The van der Waals surface area contributed by atoms with Gasteiger partial charge in [0.05, 0.1) is 0 Å². The Morgan fingerprint density at radius 2 is 1.47 bits per heavy atom. The maximum absolute atomic E-state index is 11.1. The fourth-order valence-electron chi connectivity index (χ4n) is 1.47. The van der Waals surface area contributed by atoms with Gasteiger partial charge in [0.15, 0.2) is 6.16 Å². The molecule has 0 bridgehead atoms. The molecular formula is C12H26O2P+. The van der Waals surface area contributed by atoms with Crippen molar-refractivity contribution in [3.63, 3.8) is 0 Å². The summed E-state index contributed by atoms with van der Waals surface area (Å²) in [6.07, 6.45) is 10.6. The van der Waals surface area contributed by atoms with Crippen molar-refractivity contribution in [2.45, 2.75) is 65.2 Å². The van der Waals surface area contributed by atoms with E-state index >= 15 is 0 Å². The second kappa shape index (κ2) is 12.1. The summed E-state index contributed by atoms with van der Waals surface area (Å²) in [6.45, 7) is 4.95. The fourth-order valence-corrected chi connectivity index (χ4v) is 2.30. The SMILES string of the molecule is CCCCCCCCCO[P+](=O)CCC. The average molecular weight is 233 g/mol. The van der Waals surface area contributed by atoms with Crippen LogP contribution in [0.4, 0.5) is 0 Å². The lowest BCUT2D eigenvalue weighted by Gasteiger charge is -1.98. The molecule has 0 saturated carbocycles. The Morgan fingerprint density at radius 3 is 2.07 bits per heavy atom. The lowest BCUT2D eigenvalue weighted by atomic mass is 10.1. The van der Waals surface area contributed by atoms with Crippen LogP contribution < -0.4 is 0 Å². The number of hydrogen-bond donors (Lipinski definition) is 0. The molecule has 2 nitrogen and oxygen atoms in total. The Bertz CT molecular complexity index is 149. The summed E-state index contributed by atoms with van der Waals surface area (Å²) in [5.74, 6) is 0. The summed E-state index contributed by atoms with van der Waals surface area (Å²) in [4.78, 5) is 0. The van der Waals surface area contributed by atoms with E-state index in [1.807, 2.05) is 6.92 Å². The summed E-state index contributed by atoms with van der Waals surface area (Å²) in [5.41, 5.74) is 0. The van der Waals surface area contributed by atoms with E-state index in [0.717, 1.165) is 12.8 Å². The van der Waals surface area contributed by atoms with Gasteiger partial charge in [-0.05, 0) is 17.4 Å². The average Bonchev–Trinajstić information content (AvgIpc) is 2.22. The quantitative estimate of drug-likeness (QED) is 0.374. The minimum Gasteiger partial charge on any atom is -0.146 e.